The fourth-order valence-corrected chi connectivity index (χ4v) is 1.73. The number of hydrogen-bond donors (Lipinski definition) is 0. The zero-order valence-corrected chi connectivity index (χ0v) is 7.90. The van der Waals surface area contributed by atoms with Crippen LogP contribution in [-0.4, -0.2) is 0 Å². The Bertz CT molecular complexity index is 345. The Morgan fingerprint density at radius 2 is 2.15 bits per heavy atom. The summed E-state index contributed by atoms with van der Waals surface area (Å²) >= 11 is 0. The molecule has 1 unspecified atom stereocenters. The molecule has 0 N–H and O–H groups in total. The van der Waals surface area contributed by atoms with Crippen molar-refractivity contribution in [3.63, 3.8) is 0 Å². The Labute approximate surface area is 79.6 Å². The van der Waals surface area contributed by atoms with E-state index in [0.29, 0.717) is 5.92 Å². The third-order valence-electron chi connectivity index (χ3n) is 2.45. The molecule has 0 heterocycles. The van der Waals surface area contributed by atoms with E-state index < -0.39 is 0 Å². The first-order valence-electron chi connectivity index (χ1n) is 4.76. The third kappa shape index (κ3) is 1.89. The molecule has 0 heteroatoms. The number of rotatable bonds is 1. The van der Waals surface area contributed by atoms with E-state index in [0.717, 1.165) is 6.42 Å². The summed E-state index contributed by atoms with van der Waals surface area (Å²) in [4.78, 5) is 0. The number of hydrogen-bond acceptors (Lipinski definition) is 0. The van der Waals surface area contributed by atoms with Crippen LogP contribution in [0.5, 0.6) is 0 Å². The molecule has 0 aromatic heterocycles. The van der Waals surface area contributed by atoms with Crippen LogP contribution in [0.4, 0.5) is 0 Å². The van der Waals surface area contributed by atoms with Gasteiger partial charge in [0.25, 0.3) is 0 Å². The van der Waals surface area contributed by atoms with Crippen molar-refractivity contribution in [3.8, 4) is 0 Å². The van der Waals surface area contributed by atoms with Crippen LogP contribution in [-0.2, 0) is 0 Å². The standard InChI is InChI=1S/C13H14/c1-11-6-5-9-13(10-11)12-7-3-2-4-8-12/h2-7,9-10,12H,8H2,1H3. The van der Waals surface area contributed by atoms with Crippen molar-refractivity contribution >= 4 is 0 Å². The zero-order valence-electron chi connectivity index (χ0n) is 7.90. The van der Waals surface area contributed by atoms with Gasteiger partial charge < -0.3 is 0 Å². The normalized spacial score (nSPS) is 20.5. The van der Waals surface area contributed by atoms with Crippen molar-refractivity contribution in [2.45, 2.75) is 19.3 Å². The summed E-state index contributed by atoms with van der Waals surface area (Å²) in [6, 6.07) is 8.76. The molecule has 0 radical (unpaired) electrons. The molecular weight excluding hydrogens is 156 g/mol. The van der Waals surface area contributed by atoms with Crippen LogP contribution in [0.1, 0.15) is 23.5 Å². The molecule has 1 atom stereocenters. The van der Waals surface area contributed by atoms with Gasteiger partial charge in [0.15, 0.2) is 0 Å². The highest BCUT2D eigenvalue weighted by Gasteiger charge is 2.07. The van der Waals surface area contributed by atoms with Gasteiger partial charge in [-0.3, -0.25) is 0 Å². The van der Waals surface area contributed by atoms with Gasteiger partial charge in [0.1, 0.15) is 0 Å². The smallest absolute Gasteiger partial charge is 0.00558 e. The van der Waals surface area contributed by atoms with Gasteiger partial charge in [-0.25, -0.2) is 0 Å². The average Bonchev–Trinajstić information content (AvgIpc) is 2.19. The van der Waals surface area contributed by atoms with Crippen LogP contribution >= 0.6 is 0 Å². The van der Waals surface area contributed by atoms with Gasteiger partial charge in [-0.05, 0) is 18.9 Å². The van der Waals surface area contributed by atoms with Crippen LogP contribution in [0.25, 0.3) is 0 Å². The highest BCUT2D eigenvalue weighted by Crippen LogP contribution is 2.24. The summed E-state index contributed by atoms with van der Waals surface area (Å²) in [5.41, 5.74) is 2.78. The summed E-state index contributed by atoms with van der Waals surface area (Å²) in [5.74, 6) is 0.588. The molecule has 66 valence electrons. The Morgan fingerprint density at radius 3 is 2.85 bits per heavy atom. The topological polar surface area (TPSA) is 0 Å². The first-order chi connectivity index (χ1) is 6.36. The van der Waals surface area contributed by atoms with E-state index in [1.54, 1.807) is 0 Å². The minimum atomic E-state index is 0.588. The third-order valence-corrected chi connectivity index (χ3v) is 2.45. The lowest BCUT2D eigenvalue weighted by atomic mass is 9.92. The van der Waals surface area contributed by atoms with Crippen LogP contribution in [0.3, 0.4) is 0 Å². The Hall–Kier alpha value is -1.30. The van der Waals surface area contributed by atoms with E-state index in [9.17, 15) is 0 Å². The van der Waals surface area contributed by atoms with Crippen molar-refractivity contribution < 1.29 is 0 Å². The molecule has 0 saturated heterocycles. The molecule has 1 aliphatic rings. The maximum atomic E-state index is 2.27. The van der Waals surface area contributed by atoms with Gasteiger partial charge in [-0.2, -0.15) is 0 Å². The minimum absolute atomic E-state index is 0.588. The van der Waals surface area contributed by atoms with Gasteiger partial charge in [0.2, 0.25) is 0 Å². The molecule has 1 aliphatic carbocycles. The molecule has 1 aromatic carbocycles. The molecule has 13 heavy (non-hydrogen) atoms. The fourth-order valence-electron chi connectivity index (χ4n) is 1.73. The summed E-state index contributed by atoms with van der Waals surface area (Å²) in [6.45, 7) is 2.14. The predicted molar refractivity (Wildman–Crippen MR) is 56.8 cm³/mol. The Kier molecular flexibility index (Phi) is 2.31. The molecule has 0 spiro atoms. The van der Waals surface area contributed by atoms with Crippen LogP contribution in [0.2, 0.25) is 0 Å². The van der Waals surface area contributed by atoms with E-state index in [1.807, 2.05) is 0 Å². The minimum Gasteiger partial charge on any atom is -0.0836 e. The largest absolute Gasteiger partial charge is 0.0836 e. The van der Waals surface area contributed by atoms with Gasteiger partial charge in [0, 0.05) is 5.92 Å². The van der Waals surface area contributed by atoms with E-state index >= 15 is 0 Å². The van der Waals surface area contributed by atoms with Gasteiger partial charge >= 0.3 is 0 Å². The second-order valence-electron chi connectivity index (χ2n) is 3.57. The quantitative estimate of drug-likeness (QED) is 0.604. The Balaban J connectivity index is 2.25. The van der Waals surface area contributed by atoms with Crippen LogP contribution in [0.15, 0.2) is 48.6 Å². The summed E-state index contributed by atoms with van der Waals surface area (Å²) in [7, 11) is 0. The first-order valence-corrected chi connectivity index (χ1v) is 4.76. The van der Waals surface area contributed by atoms with E-state index in [-0.39, 0.29) is 0 Å². The van der Waals surface area contributed by atoms with Gasteiger partial charge in [0.05, 0.1) is 0 Å². The SMILES string of the molecule is Cc1cccc(C2C=CC=CC2)c1. The highest BCUT2D eigenvalue weighted by atomic mass is 14.1. The van der Waals surface area contributed by atoms with Crippen molar-refractivity contribution in [3.05, 3.63) is 59.7 Å². The molecule has 1 aromatic rings. The lowest BCUT2D eigenvalue weighted by molar-refractivity contribution is 0.852. The van der Waals surface area contributed by atoms with Crippen LogP contribution < -0.4 is 0 Å². The summed E-state index contributed by atoms with van der Waals surface area (Å²) < 4.78 is 0. The monoisotopic (exact) mass is 170 g/mol. The second-order valence-corrected chi connectivity index (χ2v) is 3.57. The highest BCUT2D eigenvalue weighted by molar-refractivity contribution is 5.31. The van der Waals surface area contributed by atoms with E-state index in [1.165, 1.54) is 11.1 Å². The molecule has 0 bridgehead atoms. The van der Waals surface area contributed by atoms with E-state index in [2.05, 4.69) is 55.5 Å². The summed E-state index contributed by atoms with van der Waals surface area (Å²) in [5, 5.41) is 0. The lowest BCUT2D eigenvalue weighted by Gasteiger charge is -2.13. The zero-order chi connectivity index (χ0) is 9.10. The van der Waals surface area contributed by atoms with E-state index in [4.69, 9.17) is 0 Å². The Morgan fingerprint density at radius 1 is 1.23 bits per heavy atom. The molecule has 2 rings (SSSR count). The fraction of sp³-hybridized carbons (Fsp3) is 0.231. The first kappa shape index (κ1) is 8.31. The van der Waals surface area contributed by atoms with Gasteiger partial charge in [-0.15, -0.1) is 0 Å². The van der Waals surface area contributed by atoms with Crippen molar-refractivity contribution in [1.29, 1.82) is 0 Å². The number of allylic oxidation sites excluding steroid dienone is 4. The number of benzene rings is 1. The maximum Gasteiger partial charge on any atom is 0.00558 e. The predicted octanol–water partition coefficient (Wildman–Crippen LogP) is 3.59. The van der Waals surface area contributed by atoms with Crippen molar-refractivity contribution in [1.82, 2.24) is 0 Å². The number of aryl methyl sites for hydroxylation is 1. The molecule has 0 nitrogen and oxygen atoms in total. The van der Waals surface area contributed by atoms with Crippen molar-refractivity contribution in [2.75, 3.05) is 0 Å². The molecule has 0 fully saturated rings. The van der Waals surface area contributed by atoms with Crippen LogP contribution in [0, 0.1) is 6.92 Å². The molecule has 0 amide bonds. The lowest BCUT2D eigenvalue weighted by Crippen LogP contribution is -1.95. The summed E-state index contributed by atoms with van der Waals surface area (Å²) in [6.07, 6.45) is 9.89. The maximum absolute atomic E-state index is 2.27. The van der Waals surface area contributed by atoms with Crippen molar-refractivity contribution in [2.24, 2.45) is 0 Å². The average molecular weight is 170 g/mol. The molecule has 0 aliphatic heterocycles. The second kappa shape index (κ2) is 3.61. The van der Waals surface area contributed by atoms with Gasteiger partial charge in [-0.1, -0.05) is 54.1 Å². The molecular formula is C13H14. The molecule has 0 saturated carbocycles.